The molecule has 0 aliphatic carbocycles. The van der Waals surface area contributed by atoms with Crippen LogP contribution < -0.4 is 14.5 Å². The lowest BCUT2D eigenvalue weighted by Crippen LogP contribution is -2.52. The van der Waals surface area contributed by atoms with Gasteiger partial charge in [-0.2, -0.15) is 0 Å². The van der Waals surface area contributed by atoms with Gasteiger partial charge < -0.3 is 14.7 Å². The Hall–Kier alpha value is -2.77. The quantitative estimate of drug-likeness (QED) is 0.773. The maximum atomic E-state index is 13.0. The van der Waals surface area contributed by atoms with Crippen LogP contribution in [0.5, 0.6) is 11.5 Å². The molecule has 1 atom stereocenters. The van der Waals surface area contributed by atoms with Crippen molar-refractivity contribution in [3.05, 3.63) is 47.5 Å². The molecule has 7 nitrogen and oxygen atoms in total. The topological polar surface area (TPSA) is 73.3 Å². The van der Waals surface area contributed by atoms with Crippen molar-refractivity contribution >= 4 is 34.8 Å². The molecular weight excluding hydrogens is 394 g/mol. The number of aromatic hydroxyl groups is 1. The molecular formula is C21H22ClN3O4. The van der Waals surface area contributed by atoms with Crippen LogP contribution in [0.25, 0.3) is 0 Å². The maximum absolute atomic E-state index is 13.0. The van der Waals surface area contributed by atoms with Gasteiger partial charge in [0.15, 0.2) is 0 Å². The lowest BCUT2D eigenvalue weighted by atomic mass is 10.1. The number of hydrogen-bond acceptors (Lipinski definition) is 6. The Labute approximate surface area is 174 Å². The number of methoxy groups -OCH3 is 1. The van der Waals surface area contributed by atoms with Gasteiger partial charge in [0.1, 0.15) is 11.5 Å². The molecule has 152 valence electrons. The van der Waals surface area contributed by atoms with E-state index in [2.05, 4.69) is 9.80 Å². The molecule has 0 aromatic heterocycles. The van der Waals surface area contributed by atoms with Crippen LogP contribution in [0.2, 0.25) is 5.02 Å². The average molecular weight is 416 g/mol. The summed E-state index contributed by atoms with van der Waals surface area (Å²) in [6.45, 7) is 2.86. The van der Waals surface area contributed by atoms with Gasteiger partial charge in [0.05, 0.1) is 30.3 Å². The third-order valence-electron chi connectivity index (χ3n) is 5.49. The van der Waals surface area contributed by atoms with E-state index in [1.807, 2.05) is 12.1 Å². The van der Waals surface area contributed by atoms with E-state index >= 15 is 0 Å². The molecule has 0 unspecified atom stereocenters. The van der Waals surface area contributed by atoms with Crippen molar-refractivity contribution in [2.24, 2.45) is 0 Å². The lowest BCUT2D eigenvalue weighted by Gasteiger charge is -2.38. The number of rotatable bonds is 4. The van der Waals surface area contributed by atoms with Crippen LogP contribution in [0.1, 0.15) is 6.42 Å². The smallest absolute Gasteiger partial charge is 0.251 e. The summed E-state index contributed by atoms with van der Waals surface area (Å²) >= 11 is 6.17. The zero-order chi connectivity index (χ0) is 20.5. The summed E-state index contributed by atoms with van der Waals surface area (Å²) in [6, 6.07) is 11.5. The Morgan fingerprint density at radius 1 is 1.00 bits per heavy atom. The minimum atomic E-state index is -0.453. The summed E-state index contributed by atoms with van der Waals surface area (Å²) < 4.78 is 5.14. The highest BCUT2D eigenvalue weighted by Crippen LogP contribution is 2.33. The number of phenolic OH excluding ortho intramolecular Hbond substituents is 1. The second kappa shape index (κ2) is 7.93. The SMILES string of the molecule is COc1ccc(N2C(=O)C[C@@H](N3CCN(c4ccc(O)cc4)CC3)C2=O)cc1Cl. The molecule has 8 heteroatoms. The summed E-state index contributed by atoms with van der Waals surface area (Å²) in [7, 11) is 1.51. The predicted molar refractivity (Wildman–Crippen MR) is 111 cm³/mol. The third kappa shape index (κ3) is 3.75. The zero-order valence-electron chi connectivity index (χ0n) is 16.0. The van der Waals surface area contributed by atoms with E-state index in [0.717, 1.165) is 18.8 Å². The molecule has 2 amide bonds. The standard InChI is InChI=1S/C21H22ClN3O4/c1-29-19-7-4-15(12-17(19)22)25-20(27)13-18(21(25)28)24-10-8-23(9-11-24)14-2-5-16(26)6-3-14/h2-7,12,18,26H,8-11,13H2,1H3/t18-/m1/s1. The first-order valence-corrected chi connectivity index (χ1v) is 9.84. The van der Waals surface area contributed by atoms with Gasteiger partial charge in [0, 0.05) is 31.9 Å². The lowest BCUT2D eigenvalue weighted by molar-refractivity contribution is -0.123. The summed E-state index contributed by atoms with van der Waals surface area (Å²) in [4.78, 5) is 31.1. The molecule has 2 aliphatic heterocycles. The molecule has 1 N–H and O–H groups in total. The fraction of sp³-hybridized carbons (Fsp3) is 0.333. The van der Waals surface area contributed by atoms with Crippen molar-refractivity contribution in [1.82, 2.24) is 4.90 Å². The van der Waals surface area contributed by atoms with Gasteiger partial charge in [-0.25, -0.2) is 4.90 Å². The van der Waals surface area contributed by atoms with Gasteiger partial charge in [-0.15, -0.1) is 0 Å². The first-order chi connectivity index (χ1) is 14.0. The highest BCUT2D eigenvalue weighted by Gasteiger charge is 2.43. The van der Waals surface area contributed by atoms with Crippen molar-refractivity contribution in [2.75, 3.05) is 43.1 Å². The van der Waals surface area contributed by atoms with Crippen molar-refractivity contribution in [2.45, 2.75) is 12.5 Å². The van der Waals surface area contributed by atoms with Gasteiger partial charge in [0.25, 0.3) is 5.91 Å². The van der Waals surface area contributed by atoms with E-state index in [0.29, 0.717) is 29.5 Å². The molecule has 4 rings (SSSR count). The minimum Gasteiger partial charge on any atom is -0.508 e. The number of phenols is 1. The highest BCUT2D eigenvalue weighted by molar-refractivity contribution is 6.33. The summed E-state index contributed by atoms with van der Waals surface area (Å²) in [5.74, 6) is 0.300. The van der Waals surface area contributed by atoms with E-state index < -0.39 is 6.04 Å². The average Bonchev–Trinajstić information content (AvgIpc) is 3.02. The highest BCUT2D eigenvalue weighted by atomic mass is 35.5. The maximum Gasteiger partial charge on any atom is 0.251 e. The van der Waals surface area contributed by atoms with Gasteiger partial charge >= 0.3 is 0 Å². The van der Waals surface area contributed by atoms with E-state index in [9.17, 15) is 14.7 Å². The fourth-order valence-corrected chi connectivity index (χ4v) is 4.17. The fourth-order valence-electron chi connectivity index (χ4n) is 3.92. The summed E-state index contributed by atoms with van der Waals surface area (Å²) in [5, 5.41) is 9.80. The van der Waals surface area contributed by atoms with Crippen molar-refractivity contribution in [1.29, 1.82) is 0 Å². The number of ether oxygens (including phenoxy) is 1. The number of anilines is 2. The number of halogens is 1. The number of carbonyl (C=O) groups is 2. The third-order valence-corrected chi connectivity index (χ3v) is 5.78. The number of piperazine rings is 1. The molecule has 2 aliphatic rings. The number of hydrogen-bond donors (Lipinski definition) is 1. The van der Waals surface area contributed by atoms with Crippen LogP contribution in [0, 0.1) is 0 Å². The first kappa shape index (κ1) is 19.5. The second-order valence-corrected chi connectivity index (χ2v) is 7.55. The van der Waals surface area contributed by atoms with E-state index in [4.69, 9.17) is 16.3 Å². The number of benzene rings is 2. The Morgan fingerprint density at radius 2 is 1.66 bits per heavy atom. The van der Waals surface area contributed by atoms with Crippen LogP contribution >= 0.6 is 11.6 Å². The van der Waals surface area contributed by atoms with Crippen molar-refractivity contribution in [3.8, 4) is 11.5 Å². The van der Waals surface area contributed by atoms with Crippen LogP contribution in [0.3, 0.4) is 0 Å². The zero-order valence-corrected chi connectivity index (χ0v) is 16.8. The van der Waals surface area contributed by atoms with Crippen molar-refractivity contribution < 1.29 is 19.4 Å². The molecule has 0 spiro atoms. The summed E-state index contributed by atoms with van der Waals surface area (Å²) in [5.41, 5.74) is 1.50. The molecule has 0 radical (unpaired) electrons. The molecule has 2 aromatic rings. The normalized spacial score (nSPS) is 20.4. The van der Waals surface area contributed by atoms with Gasteiger partial charge in [-0.05, 0) is 42.5 Å². The Kier molecular flexibility index (Phi) is 5.34. The van der Waals surface area contributed by atoms with Crippen LogP contribution in [-0.2, 0) is 9.59 Å². The van der Waals surface area contributed by atoms with Crippen LogP contribution in [-0.4, -0.2) is 61.2 Å². The Morgan fingerprint density at radius 3 is 2.28 bits per heavy atom. The molecule has 0 saturated carbocycles. The van der Waals surface area contributed by atoms with Gasteiger partial charge in [-0.1, -0.05) is 11.6 Å². The number of amides is 2. The summed E-state index contributed by atoms with van der Waals surface area (Å²) in [6.07, 6.45) is 0.168. The predicted octanol–water partition coefficient (Wildman–Crippen LogP) is 2.51. The number of nitrogens with zero attached hydrogens (tertiary/aromatic N) is 3. The molecule has 2 saturated heterocycles. The van der Waals surface area contributed by atoms with E-state index in [-0.39, 0.29) is 24.0 Å². The largest absolute Gasteiger partial charge is 0.508 e. The van der Waals surface area contributed by atoms with Gasteiger partial charge in [0.2, 0.25) is 5.91 Å². The Bertz CT molecular complexity index is 926. The van der Waals surface area contributed by atoms with Crippen LogP contribution in [0.15, 0.2) is 42.5 Å². The monoisotopic (exact) mass is 415 g/mol. The number of carbonyl (C=O) groups excluding carboxylic acids is 2. The minimum absolute atomic E-state index is 0.168. The Balaban J connectivity index is 1.44. The van der Waals surface area contributed by atoms with Crippen molar-refractivity contribution in [3.63, 3.8) is 0 Å². The van der Waals surface area contributed by atoms with Gasteiger partial charge in [-0.3, -0.25) is 14.5 Å². The number of imide groups is 1. The van der Waals surface area contributed by atoms with E-state index in [1.165, 1.54) is 12.0 Å². The van der Waals surface area contributed by atoms with E-state index in [1.54, 1.807) is 30.3 Å². The molecule has 0 bridgehead atoms. The first-order valence-electron chi connectivity index (χ1n) is 9.46. The molecule has 29 heavy (non-hydrogen) atoms. The molecule has 2 fully saturated rings. The second-order valence-electron chi connectivity index (χ2n) is 7.15. The molecule has 2 aromatic carbocycles. The molecule has 2 heterocycles. The van der Waals surface area contributed by atoms with Crippen LogP contribution in [0.4, 0.5) is 11.4 Å².